The number of aryl methyl sites for hydroxylation is 1. The van der Waals surface area contributed by atoms with Gasteiger partial charge in [0, 0.05) is 18.8 Å². The van der Waals surface area contributed by atoms with Gasteiger partial charge in [-0.1, -0.05) is 0 Å². The minimum atomic E-state index is -0.886. The molecule has 0 radical (unpaired) electrons. The molecule has 4 heterocycles. The summed E-state index contributed by atoms with van der Waals surface area (Å²) in [4.78, 5) is 75.6. The van der Waals surface area contributed by atoms with Gasteiger partial charge in [-0.25, -0.2) is 0 Å². The topological polar surface area (TPSA) is 280 Å². The first kappa shape index (κ1) is 46.9. The molecule has 0 unspecified atom stereocenters. The van der Waals surface area contributed by atoms with Gasteiger partial charge < -0.3 is 45.5 Å². The van der Waals surface area contributed by atoms with Crippen LogP contribution in [-0.2, 0) is 54.1 Å². The van der Waals surface area contributed by atoms with E-state index in [-0.39, 0.29) is 72.6 Å². The molecule has 3 aliphatic heterocycles. The van der Waals surface area contributed by atoms with Crippen molar-refractivity contribution in [1.29, 1.82) is 5.41 Å². The Morgan fingerprint density at radius 1 is 0.980 bits per heavy atom. The standard InChI is InChI=1S/C9H13N4O2.C8H12ClNO3.C7H11NO4.C2H6N2.CH3BO.CH2O/c1-13-5-15-8(14)7(13)3-2-6-4-11-9(10)12-6;1-10-5-13-8(12)7(10)3-2-6(11)4-9;1-8-4-12-7(11)5(8)2-3-6(9)10;1-2(3)4;1-2-3;1-2/h4,7H,2-3,5H2,1H3,(H2-,10,11,12);7H,2-5H2,1H3;5H,2-4H2,1H3,(H,9,10);1H3,(H3,3,4);1H3;1H2/q-1;;;;;/t2*7-;5-;;;/m000.../s1. The van der Waals surface area contributed by atoms with Crippen molar-refractivity contribution in [3.8, 4) is 0 Å². The molecule has 0 bridgehead atoms. The second-order valence-electron chi connectivity index (χ2n) is 10.4. The Kier molecular flexibility index (Phi) is 25.5. The van der Waals surface area contributed by atoms with Crippen LogP contribution in [0.2, 0.25) is 6.82 Å². The zero-order valence-corrected chi connectivity index (χ0v) is 29.2. The fourth-order valence-electron chi connectivity index (χ4n) is 3.98. The van der Waals surface area contributed by atoms with Gasteiger partial charge in [-0.2, -0.15) is 0 Å². The van der Waals surface area contributed by atoms with Gasteiger partial charge in [-0.3, -0.25) is 44.1 Å². The molecule has 6 N–H and O–H groups in total. The summed E-state index contributed by atoms with van der Waals surface area (Å²) in [6, 6.07) is -0.809. The maximum atomic E-state index is 11.3. The predicted octanol–water partition coefficient (Wildman–Crippen LogP) is -0.735. The Bertz CT molecular complexity index is 1200. The van der Waals surface area contributed by atoms with Crippen LogP contribution in [0.5, 0.6) is 0 Å². The maximum absolute atomic E-state index is 11.3. The van der Waals surface area contributed by atoms with Crippen LogP contribution >= 0.6 is 11.6 Å². The Morgan fingerprint density at radius 3 is 1.63 bits per heavy atom. The van der Waals surface area contributed by atoms with Gasteiger partial charge in [0.25, 0.3) is 0 Å². The quantitative estimate of drug-likeness (QED) is 0.0579. The van der Waals surface area contributed by atoms with Crippen molar-refractivity contribution in [2.45, 2.75) is 70.4 Å². The number of halogens is 1. The number of cyclic esters (lactones) is 3. The Labute approximate surface area is 290 Å². The van der Waals surface area contributed by atoms with Crippen LogP contribution in [0.15, 0.2) is 6.20 Å². The average molecular weight is 718 g/mol. The number of alkyl halides is 1. The second-order valence-corrected chi connectivity index (χ2v) is 10.7. The molecular formula is C28H47BClN8O11-. The number of nitrogens with two attached hydrogens (primary N) is 2. The van der Waals surface area contributed by atoms with Gasteiger partial charge in [0.1, 0.15) is 50.9 Å². The van der Waals surface area contributed by atoms with Crippen LogP contribution in [0.1, 0.15) is 44.7 Å². The van der Waals surface area contributed by atoms with Gasteiger partial charge in [0.2, 0.25) is 0 Å². The monoisotopic (exact) mass is 717 g/mol. The van der Waals surface area contributed by atoms with E-state index in [0.29, 0.717) is 45.6 Å². The molecule has 276 valence electrons. The summed E-state index contributed by atoms with van der Waals surface area (Å²) in [6.07, 6.45) is 4.18. The molecule has 3 fully saturated rings. The number of ether oxygens (including phenoxy) is 3. The van der Waals surface area contributed by atoms with Crippen LogP contribution in [0, 0.1) is 5.41 Å². The van der Waals surface area contributed by atoms with E-state index in [9.17, 15) is 24.0 Å². The molecule has 0 spiro atoms. The summed E-state index contributed by atoms with van der Waals surface area (Å²) in [6.45, 7) is 5.93. The van der Waals surface area contributed by atoms with E-state index >= 15 is 0 Å². The molecular weight excluding hydrogens is 671 g/mol. The van der Waals surface area contributed by atoms with E-state index in [2.05, 4.69) is 9.97 Å². The number of amidine groups is 1. The van der Waals surface area contributed by atoms with Gasteiger partial charge in [-0.15, -0.1) is 11.6 Å². The first-order chi connectivity index (χ1) is 23.1. The number of nitrogens with one attached hydrogen (secondary N) is 1. The number of ketones is 1. The Balaban J connectivity index is 0. The summed E-state index contributed by atoms with van der Waals surface area (Å²) in [5.41, 5.74) is 10.9. The average Bonchev–Trinajstić information content (AvgIpc) is 3.79. The number of nitrogens with zero attached hydrogens (tertiary/aromatic N) is 5. The van der Waals surface area contributed by atoms with E-state index in [1.165, 1.54) is 13.7 Å². The van der Waals surface area contributed by atoms with Crippen molar-refractivity contribution >= 4 is 67.0 Å². The zero-order valence-electron chi connectivity index (χ0n) is 28.5. The van der Waals surface area contributed by atoms with E-state index < -0.39 is 5.97 Å². The molecule has 49 heavy (non-hydrogen) atoms. The molecule has 1 aromatic heterocycles. The zero-order chi connectivity index (χ0) is 38.1. The van der Waals surface area contributed by atoms with Crippen molar-refractivity contribution in [2.75, 3.05) is 52.9 Å². The van der Waals surface area contributed by atoms with Crippen molar-refractivity contribution < 1.29 is 52.8 Å². The summed E-state index contributed by atoms with van der Waals surface area (Å²) >= 11 is 5.33. The number of carboxylic acid groups (broad SMARTS) is 1. The number of carboxylic acids is 1. The van der Waals surface area contributed by atoms with Crippen molar-refractivity contribution in [3.05, 3.63) is 11.9 Å². The second kappa shape index (κ2) is 26.7. The number of Topliss-reactive ketones (excluding diaryl/α,β-unsaturated/α-hetero) is 1. The number of carbonyl (C=O) groups excluding carboxylic acids is 5. The van der Waals surface area contributed by atoms with Crippen LogP contribution in [0.3, 0.4) is 0 Å². The van der Waals surface area contributed by atoms with Gasteiger partial charge in [0.15, 0.2) is 0 Å². The number of hydrogen-bond acceptors (Lipinski definition) is 16. The smallest absolute Gasteiger partial charge is 0.324 e. The fraction of sp³-hybridized carbons (Fsp3) is 0.643. The van der Waals surface area contributed by atoms with Gasteiger partial charge in [-0.05, 0) is 65.6 Å². The van der Waals surface area contributed by atoms with Crippen LogP contribution in [-0.4, -0.2) is 140 Å². The number of hydrogen-bond donors (Lipinski definition) is 4. The number of aromatic nitrogens is 2. The molecule has 0 aliphatic carbocycles. The Hall–Kier alpha value is -4.27. The molecule has 0 amide bonds. The number of esters is 3. The first-order valence-corrected chi connectivity index (χ1v) is 15.2. The minimum absolute atomic E-state index is 0.00407. The van der Waals surface area contributed by atoms with Crippen LogP contribution in [0.25, 0.3) is 0 Å². The van der Waals surface area contributed by atoms with Crippen molar-refractivity contribution in [2.24, 2.45) is 5.73 Å². The molecule has 0 saturated carbocycles. The van der Waals surface area contributed by atoms with Crippen molar-refractivity contribution in [3.63, 3.8) is 0 Å². The summed E-state index contributed by atoms with van der Waals surface area (Å²) in [5.74, 6) is -1.18. The number of rotatable bonds is 10. The number of nitrogen functional groups attached to an aromatic ring is 1. The van der Waals surface area contributed by atoms with E-state index in [1.807, 2.05) is 18.7 Å². The summed E-state index contributed by atoms with van der Waals surface area (Å²) < 4.78 is 23.2. The molecule has 3 atom stereocenters. The van der Waals surface area contributed by atoms with E-state index in [4.69, 9.17) is 57.3 Å². The maximum Gasteiger partial charge on any atom is 0.324 e. The van der Waals surface area contributed by atoms with Gasteiger partial charge in [0.05, 0.1) is 11.7 Å². The van der Waals surface area contributed by atoms with Crippen molar-refractivity contribution in [1.82, 2.24) is 24.7 Å². The first-order valence-electron chi connectivity index (χ1n) is 14.7. The normalized spacial score (nSPS) is 19.6. The van der Waals surface area contributed by atoms with E-state index in [1.54, 1.807) is 30.1 Å². The molecule has 4 rings (SSSR count). The number of aliphatic carboxylic acids is 1. The third-order valence-corrected chi connectivity index (χ3v) is 6.70. The van der Waals surface area contributed by atoms with Gasteiger partial charge >= 0.3 is 42.6 Å². The molecule has 3 saturated heterocycles. The largest absolute Gasteiger partial charge is 0.481 e. The number of likely N-dealkylation sites (N-methyl/N-ethyl adjacent to an activating group) is 3. The van der Waals surface area contributed by atoms with Crippen LogP contribution in [0.4, 0.5) is 5.95 Å². The summed E-state index contributed by atoms with van der Waals surface area (Å²) in [5, 5.41) is 14.7. The fourth-order valence-corrected chi connectivity index (χ4v) is 4.12. The predicted molar refractivity (Wildman–Crippen MR) is 177 cm³/mol. The summed E-state index contributed by atoms with van der Waals surface area (Å²) in [7, 11) is 6.14. The third kappa shape index (κ3) is 20.7. The molecule has 3 aliphatic rings. The third-order valence-electron chi connectivity index (χ3n) is 6.40. The number of carbonyl (C=O) groups is 6. The molecule has 1 aromatic rings. The van der Waals surface area contributed by atoms with E-state index in [0.717, 1.165) is 12.8 Å². The minimum Gasteiger partial charge on any atom is -0.481 e. The SMILES string of the molecule is C=O.CB=O.CC(=N)N.CN1COC(=O)[C@@H]1CCC(=O)CCl.CN1COC(=O)[C@@H]1CCC(=O)O.CN1COC(=O)[C@@H]1CCc1c[n-]c(N)n1. The Morgan fingerprint density at radius 2 is 1.35 bits per heavy atom. The molecule has 21 heteroatoms. The van der Waals surface area contributed by atoms with Crippen LogP contribution < -0.4 is 16.5 Å². The number of anilines is 1. The molecule has 19 nitrogen and oxygen atoms in total. The molecule has 0 aromatic carbocycles. The number of imidazole rings is 1.